The van der Waals surface area contributed by atoms with E-state index >= 15 is 0 Å². The van der Waals surface area contributed by atoms with Gasteiger partial charge in [-0.25, -0.2) is 9.37 Å². The van der Waals surface area contributed by atoms with Crippen molar-refractivity contribution in [3.8, 4) is 11.5 Å². The van der Waals surface area contributed by atoms with Crippen LogP contribution in [0.2, 0.25) is 0 Å². The number of ether oxygens (including phenoxy) is 2. The molecular formula is C22H23FN4O4. The van der Waals surface area contributed by atoms with Crippen molar-refractivity contribution in [3.63, 3.8) is 0 Å². The first-order valence-electron chi connectivity index (χ1n) is 9.43. The van der Waals surface area contributed by atoms with E-state index in [0.29, 0.717) is 34.1 Å². The zero-order valence-electron chi connectivity index (χ0n) is 17.7. The summed E-state index contributed by atoms with van der Waals surface area (Å²) in [5, 5.41) is 5.72. The van der Waals surface area contributed by atoms with Crippen LogP contribution in [-0.4, -0.2) is 29.7 Å². The summed E-state index contributed by atoms with van der Waals surface area (Å²) in [7, 11) is 3.01. The second-order valence-corrected chi connectivity index (χ2v) is 6.88. The number of carbonyl (C=O) groups is 1. The lowest BCUT2D eigenvalue weighted by Crippen LogP contribution is -2.30. The molecule has 0 radical (unpaired) electrons. The summed E-state index contributed by atoms with van der Waals surface area (Å²) >= 11 is 0. The first-order valence-corrected chi connectivity index (χ1v) is 9.43. The Bertz CT molecular complexity index is 1150. The van der Waals surface area contributed by atoms with Crippen LogP contribution in [0.4, 0.5) is 21.7 Å². The number of hydrogen-bond acceptors (Lipinski definition) is 6. The number of halogens is 1. The summed E-state index contributed by atoms with van der Waals surface area (Å²) < 4.78 is 25.2. The highest BCUT2D eigenvalue weighted by Crippen LogP contribution is 2.26. The molecule has 3 rings (SSSR count). The highest BCUT2D eigenvalue weighted by molar-refractivity contribution is 5.91. The SMILES string of the molecule is COc1cc(NC(=O)Cn2c(Nc3ccc(F)c(C)c3)nc(C)cc2=O)cc(OC)c1. The maximum Gasteiger partial charge on any atom is 0.255 e. The third-order valence-corrected chi connectivity index (χ3v) is 4.49. The van der Waals surface area contributed by atoms with Gasteiger partial charge in [-0.15, -0.1) is 0 Å². The van der Waals surface area contributed by atoms with Gasteiger partial charge >= 0.3 is 0 Å². The molecule has 3 aromatic rings. The van der Waals surface area contributed by atoms with Crippen LogP contribution in [0.1, 0.15) is 11.3 Å². The minimum Gasteiger partial charge on any atom is -0.497 e. The molecule has 2 aromatic carbocycles. The third kappa shape index (κ3) is 5.39. The normalized spacial score (nSPS) is 10.5. The monoisotopic (exact) mass is 426 g/mol. The molecule has 8 nitrogen and oxygen atoms in total. The molecule has 9 heteroatoms. The van der Waals surface area contributed by atoms with Crippen molar-refractivity contribution in [2.24, 2.45) is 0 Å². The van der Waals surface area contributed by atoms with Gasteiger partial charge in [0.1, 0.15) is 23.9 Å². The summed E-state index contributed by atoms with van der Waals surface area (Å²) in [6.07, 6.45) is 0. The average Bonchev–Trinajstić information content (AvgIpc) is 2.72. The fourth-order valence-corrected chi connectivity index (χ4v) is 2.94. The number of aryl methyl sites for hydroxylation is 2. The van der Waals surface area contributed by atoms with Crippen molar-refractivity contribution in [3.05, 3.63) is 69.9 Å². The minimum atomic E-state index is -0.443. The number of aromatic nitrogens is 2. The van der Waals surface area contributed by atoms with E-state index in [1.807, 2.05) is 0 Å². The Balaban J connectivity index is 1.86. The van der Waals surface area contributed by atoms with Crippen LogP contribution in [0.15, 0.2) is 47.3 Å². The van der Waals surface area contributed by atoms with E-state index in [4.69, 9.17) is 9.47 Å². The summed E-state index contributed by atoms with van der Waals surface area (Å²) in [6.45, 7) is 3.02. The van der Waals surface area contributed by atoms with Crippen molar-refractivity contribution < 1.29 is 18.7 Å². The maximum atomic E-state index is 13.6. The van der Waals surface area contributed by atoms with Gasteiger partial charge in [-0.05, 0) is 37.6 Å². The highest BCUT2D eigenvalue weighted by atomic mass is 19.1. The fourth-order valence-electron chi connectivity index (χ4n) is 2.94. The summed E-state index contributed by atoms with van der Waals surface area (Å²) in [5.74, 6) is 0.416. The van der Waals surface area contributed by atoms with Crippen molar-refractivity contribution in [2.75, 3.05) is 24.9 Å². The molecule has 0 aliphatic rings. The molecular weight excluding hydrogens is 403 g/mol. The molecule has 0 atom stereocenters. The number of amides is 1. The number of carbonyl (C=O) groups excluding carboxylic acids is 1. The second-order valence-electron chi connectivity index (χ2n) is 6.88. The lowest BCUT2D eigenvalue weighted by Gasteiger charge is -2.15. The Kier molecular flexibility index (Phi) is 6.54. The number of benzene rings is 2. The van der Waals surface area contributed by atoms with Crippen molar-refractivity contribution in [1.29, 1.82) is 0 Å². The number of nitrogens with zero attached hydrogens (tertiary/aromatic N) is 2. The van der Waals surface area contributed by atoms with Gasteiger partial charge in [-0.3, -0.25) is 14.2 Å². The lowest BCUT2D eigenvalue weighted by molar-refractivity contribution is -0.116. The van der Waals surface area contributed by atoms with Gasteiger partial charge in [0.05, 0.1) is 14.2 Å². The molecule has 1 heterocycles. The Labute approximate surface area is 178 Å². The zero-order valence-corrected chi connectivity index (χ0v) is 17.7. The van der Waals surface area contributed by atoms with E-state index < -0.39 is 11.5 Å². The fraction of sp³-hybridized carbons (Fsp3) is 0.227. The molecule has 0 spiro atoms. The lowest BCUT2D eigenvalue weighted by atomic mass is 10.2. The van der Waals surface area contributed by atoms with Crippen molar-refractivity contribution in [2.45, 2.75) is 20.4 Å². The van der Waals surface area contributed by atoms with Crippen molar-refractivity contribution in [1.82, 2.24) is 9.55 Å². The van der Waals surface area contributed by atoms with Crippen LogP contribution < -0.4 is 25.7 Å². The molecule has 2 N–H and O–H groups in total. The Morgan fingerprint density at radius 2 is 1.71 bits per heavy atom. The maximum absolute atomic E-state index is 13.6. The van der Waals surface area contributed by atoms with E-state index in [2.05, 4.69) is 15.6 Å². The van der Waals surface area contributed by atoms with Gasteiger partial charge in [0.15, 0.2) is 0 Å². The van der Waals surface area contributed by atoms with E-state index in [-0.39, 0.29) is 18.3 Å². The van der Waals surface area contributed by atoms with E-state index in [1.54, 1.807) is 38.1 Å². The summed E-state index contributed by atoms with van der Waals surface area (Å²) in [4.78, 5) is 29.6. The van der Waals surface area contributed by atoms with Gasteiger partial charge < -0.3 is 20.1 Å². The van der Waals surface area contributed by atoms with Gasteiger partial charge in [0.25, 0.3) is 5.56 Å². The largest absolute Gasteiger partial charge is 0.497 e. The highest BCUT2D eigenvalue weighted by Gasteiger charge is 2.13. The average molecular weight is 426 g/mol. The number of hydrogen-bond donors (Lipinski definition) is 2. The molecule has 31 heavy (non-hydrogen) atoms. The smallest absolute Gasteiger partial charge is 0.255 e. The van der Waals surface area contributed by atoms with Gasteiger partial charge in [-0.2, -0.15) is 0 Å². The standard InChI is InChI=1S/C22H23FN4O4/c1-13-7-15(5-6-19(13)23)26-22-24-14(2)8-21(29)27(22)12-20(28)25-16-9-17(30-3)11-18(10-16)31-4/h5-11H,12H2,1-4H3,(H,24,26)(H,25,28). The Hall–Kier alpha value is -3.88. The molecule has 1 aromatic heterocycles. The van der Waals surface area contributed by atoms with E-state index in [1.165, 1.54) is 37.0 Å². The van der Waals surface area contributed by atoms with Crippen LogP contribution in [-0.2, 0) is 11.3 Å². The number of nitrogens with one attached hydrogen (secondary N) is 2. The van der Waals surface area contributed by atoms with E-state index in [9.17, 15) is 14.0 Å². The predicted molar refractivity (Wildman–Crippen MR) is 116 cm³/mol. The van der Waals surface area contributed by atoms with Crippen LogP contribution in [0, 0.1) is 19.7 Å². The first-order chi connectivity index (χ1) is 14.8. The molecule has 0 aliphatic heterocycles. The molecule has 0 aliphatic carbocycles. The number of anilines is 3. The molecule has 0 bridgehead atoms. The van der Waals surface area contributed by atoms with Crippen LogP contribution in [0.3, 0.4) is 0 Å². The summed E-state index contributed by atoms with van der Waals surface area (Å²) in [5.41, 5.74) is 1.53. The molecule has 0 saturated heterocycles. The van der Waals surface area contributed by atoms with Gasteiger partial charge in [-0.1, -0.05) is 0 Å². The van der Waals surface area contributed by atoms with Gasteiger partial charge in [0.2, 0.25) is 11.9 Å². The first kappa shape index (κ1) is 21.8. The Morgan fingerprint density at radius 3 is 2.32 bits per heavy atom. The molecule has 0 fully saturated rings. The minimum absolute atomic E-state index is 0.175. The van der Waals surface area contributed by atoms with Crippen LogP contribution in [0.5, 0.6) is 11.5 Å². The van der Waals surface area contributed by atoms with Gasteiger partial charge in [0, 0.05) is 41.3 Å². The van der Waals surface area contributed by atoms with Crippen LogP contribution >= 0.6 is 0 Å². The number of rotatable bonds is 7. The molecule has 1 amide bonds. The van der Waals surface area contributed by atoms with E-state index in [0.717, 1.165) is 0 Å². The zero-order chi connectivity index (χ0) is 22.5. The topological polar surface area (TPSA) is 94.5 Å². The second kappa shape index (κ2) is 9.29. The van der Waals surface area contributed by atoms with Crippen LogP contribution in [0.25, 0.3) is 0 Å². The molecule has 0 saturated carbocycles. The Morgan fingerprint density at radius 1 is 1.03 bits per heavy atom. The number of methoxy groups -OCH3 is 2. The summed E-state index contributed by atoms with van der Waals surface area (Å²) in [6, 6.07) is 10.7. The molecule has 162 valence electrons. The third-order valence-electron chi connectivity index (χ3n) is 4.49. The quantitative estimate of drug-likeness (QED) is 0.601. The van der Waals surface area contributed by atoms with Crippen molar-refractivity contribution >= 4 is 23.2 Å². The predicted octanol–water partition coefficient (Wildman–Crippen LogP) is 3.40. The molecule has 0 unspecified atom stereocenters.